The van der Waals surface area contributed by atoms with Crippen LogP contribution in [-0.2, 0) is 14.3 Å². The number of halogens is 1. The van der Waals surface area contributed by atoms with E-state index < -0.39 is 24.5 Å². The molecule has 10 nitrogen and oxygen atoms in total. The SMILES string of the molecule is COC1CC(C(=O)Nc2ccc(N3CCCC3OC(=O)O)cc2)N(C(=O)Nc2ccc(Cl)cc2)C1. The van der Waals surface area contributed by atoms with Crippen molar-refractivity contribution in [1.82, 2.24) is 4.90 Å². The first-order chi connectivity index (χ1) is 16.8. The molecule has 3 amide bonds. The van der Waals surface area contributed by atoms with Gasteiger partial charge in [0.1, 0.15) is 6.04 Å². The predicted molar refractivity (Wildman–Crippen MR) is 131 cm³/mol. The summed E-state index contributed by atoms with van der Waals surface area (Å²) in [5, 5.41) is 15.2. The normalized spacial score (nSPS) is 21.6. The van der Waals surface area contributed by atoms with Crippen LogP contribution in [0.2, 0.25) is 5.02 Å². The number of nitrogens with zero attached hydrogens (tertiary/aromatic N) is 2. The molecule has 0 aromatic heterocycles. The Kier molecular flexibility index (Phi) is 7.62. The highest BCUT2D eigenvalue weighted by Gasteiger charge is 2.40. The summed E-state index contributed by atoms with van der Waals surface area (Å²) in [4.78, 5) is 40.3. The van der Waals surface area contributed by atoms with E-state index >= 15 is 0 Å². The number of hydrogen-bond donors (Lipinski definition) is 3. The summed E-state index contributed by atoms with van der Waals surface area (Å²) in [7, 11) is 1.55. The highest BCUT2D eigenvalue weighted by Crippen LogP contribution is 2.28. The number of methoxy groups -OCH3 is 1. The highest BCUT2D eigenvalue weighted by atomic mass is 35.5. The van der Waals surface area contributed by atoms with Gasteiger partial charge in [-0.1, -0.05) is 11.6 Å². The number of carboxylic acid groups (broad SMARTS) is 1. The van der Waals surface area contributed by atoms with Crippen molar-refractivity contribution in [2.75, 3.05) is 35.7 Å². The summed E-state index contributed by atoms with van der Waals surface area (Å²) < 4.78 is 10.4. The summed E-state index contributed by atoms with van der Waals surface area (Å²) in [5.41, 5.74) is 1.94. The smallest absolute Gasteiger partial charge is 0.450 e. The standard InChI is InChI=1S/C24H27ClN4O6/c1-34-19-13-20(29(14-19)23(31)27-17-6-4-15(25)5-7-17)22(30)26-16-8-10-18(11-9-16)28-12-2-3-21(28)35-24(32)33/h4-11,19-21H,2-3,12-14H2,1H3,(H,26,30)(H,27,31)(H,32,33). The molecule has 0 bridgehead atoms. The summed E-state index contributed by atoms with van der Waals surface area (Å²) in [6, 6.07) is 12.7. The Hall–Kier alpha value is -3.50. The molecule has 11 heteroatoms. The van der Waals surface area contributed by atoms with Gasteiger partial charge in [-0.2, -0.15) is 0 Å². The summed E-state index contributed by atoms with van der Waals surface area (Å²) >= 11 is 5.90. The van der Waals surface area contributed by atoms with Gasteiger partial charge in [0.2, 0.25) is 5.91 Å². The van der Waals surface area contributed by atoms with Crippen LogP contribution >= 0.6 is 11.6 Å². The van der Waals surface area contributed by atoms with Gasteiger partial charge in [0.15, 0.2) is 6.23 Å². The molecule has 2 aromatic carbocycles. The molecule has 186 valence electrons. The van der Waals surface area contributed by atoms with Crippen LogP contribution in [0.3, 0.4) is 0 Å². The van der Waals surface area contributed by atoms with Crippen molar-refractivity contribution in [3.8, 4) is 0 Å². The molecule has 2 heterocycles. The highest BCUT2D eigenvalue weighted by molar-refractivity contribution is 6.30. The Labute approximate surface area is 207 Å². The lowest BCUT2D eigenvalue weighted by Gasteiger charge is -2.26. The van der Waals surface area contributed by atoms with Crippen LogP contribution in [0.1, 0.15) is 19.3 Å². The molecule has 0 aliphatic carbocycles. The third-order valence-electron chi connectivity index (χ3n) is 6.16. The number of urea groups is 1. The largest absolute Gasteiger partial charge is 0.507 e. The molecule has 3 unspecified atom stereocenters. The van der Waals surface area contributed by atoms with Crippen LogP contribution in [0.4, 0.5) is 26.7 Å². The molecule has 2 aromatic rings. The minimum Gasteiger partial charge on any atom is -0.450 e. The van der Waals surface area contributed by atoms with Gasteiger partial charge >= 0.3 is 12.2 Å². The molecule has 2 fully saturated rings. The number of nitrogens with one attached hydrogen (secondary N) is 2. The number of rotatable bonds is 6. The van der Waals surface area contributed by atoms with Gasteiger partial charge in [-0.05, 0) is 55.0 Å². The van der Waals surface area contributed by atoms with Crippen LogP contribution < -0.4 is 15.5 Å². The molecule has 0 spiro atoms. The van der Waals surface area contributed by atoms with Gasteiger partial charge in [0, 0.05) is 55.1 Å². The lowest BCUT2D eigenvalue weighted by molar-refractivity contribution is -0.119. The maximum Gasteiger partial charge on any atom is 0.507 e. The fourth-order valence-electron chi connectivity index (χ4n) is 4.40. The molecule has 3 N–H and O–H groups in total. The first-order valence-corrected chi connectivity index (χ1v) is 11.6. The van der Waals surface area contributed by atoms with E-state index in [0.29, 0.717) is 35.8 Å². The number of anilines is 3. The van der Waals surface area contributed by atoms with Crippen molar-refractivity contribution < 1.29 is 29.0 Å². The Bertz CT molecular complexity index is 1060. The Morgan fingerprint density at radius 2 is 1.69 bits per heavy atom. The Balaban J connectivity index is 1.41. The van der Waals surface area contributed by atoms with E-state index in [1.807, 2.05) is 4.90 Å². The third kappa shape index (κ3) is 5.95. The quantitative estimate of drug-likeness (QED) is 0.506. The zero-order valence-electron chi connectivity index (χ0n) is 19.1. The average molecular weight is 503 g/mol. The zero-order chi connectivity index (χ0) is 24.9. The van der Waals surface area contributed by atoms with E-state index in [-0.39, 0.29) is 18.6 Å². The molecular formula is C24H27ClN4O6. The molecule has 2 saturated heterocycles. The van der Waals surface area contributed by atoms with E-state index in [2.05, 4.69) is 10.6 Å². The number of carbonyl (C=O) groups is 3. The first kappa shape index (κ1) is 24.6. The number of hydrogen-bond acceptors (Lipinski definition) is 6. The van der Waals surface area contributed by atoms with E-state index in [4.69, 9.17) is 26.2 Å². The average Bonchev–Trinajstić information content (AvgIpc) is 3.48. The van der Waals surface area contributed by atoms with Crippen molar-refractivity contribution in [3.05, 3.63) is 53.6 Å². The molecule has 2 aliphatic rings. The molecule has 2 aliphatic heterocycles. The lowest BCUT2D eigenvalue weighted by atomic mass is 10.1. The Morgan fingerprint density at radius 1 is 1.03 bits per heavy atom. The van der Waals surface area contributed by atoms with E-state index in [0.717, 1.165) is 12.1 Å². The lowest BCUT2D eigenvalue weighted by Crippen LogP contribution is -2.45. The second kappa shape index (κ2) is 10.8. The first-order valence-electron chi connectivity index (χ1n) is 11.3. The van der Waals surface area contributed by atoms with Crippen LogP contribution in [0.15, 0.2) is 48.5 Å². The van der Waals surface area contributed by atoms with Gasteiger partial charge in [-0.15, -0.1) is 0 Å². The van der Waals surface area contributed by atoms with E-state index in [9.17, 15) is 14.4 Å². The number of amides is 3. The van der Waals surface area contributed by atoms with E-state index in [1.54, 1.807) is 55.6 Å². The van der Waals surface area contributed by atoms with Crippen molar-refractivity contribution in [1.29, 1.82) is 0 Å². The molecule has 4 rings (SSSR count). The van der Waals surface area contributed by atoms with Crippen LogP contribution in [0, 0.1) is 0 Å². The maximum atomic E-state index is 13.1. The van der Waals surface area contributed by atoms with Gasteiger partial charge in [0.25, 0.3) is 0 Å². The second-order valence-electron chi connectivity index (χ2n) is 8.41. The number of likely N-dealkylation sites (tertiary alicyclic amines) is 1. The molecular weight excluding hydrogens is 476 g/mol. The second-order valence-corrected chi connectivity index (χ2v) is 8.85. The number of benzene rings is 2. The van der Waals surface area contributed by atoms with Crippen molar-refractivity contribution in [3.63, 3.8) is 0 Å². The van der Waals surface area contributed by atoms with Gasteiger partial charge in [-0.3, -0.25) is 4.79 Å². The molecule has 0 saturated carbocycles. The Morgan fingerprint density at radius 3 is 2.34 bits per heavy atom. The molecule has 0 radical (unpaired) electrons. The monoisotopic (exact) mass is 502 g/mol. The summed E-state index contributed by atoms with van der Waals surface area (Å²) in [5.74, 6) is -0.322. The van der Waals surface area contributed by atoms with Crippen molar-refractivity contribution in [2.24, 2.45) is 0 Å². The fourth-order valence-corrected chi connectivity index (χ4v) is 4.53. The summed E-state index contributed by atoms with van der Waals surface area (Å²) in [6.45, 7) is 0.967. The molecule has 35 heavy (non-hydrogen) atoms. The fraction of sp³-hybridized carbons (Fsp3) is 0.375. The van der Waals surface area contributed by atoms with Crippen LogP contribution in [-0.4, -0.2) is 66.7 Å². The topological polar surface area (TPSA) is 120 Å². The van der Waals surface area contributed by atoms with Gasteiger partial charge in [0.05, 0.1) is 6.10 Å². The van der Waals surface area contributed by atoms with Crippen LogP contribution in [0.25, 0.3) is 0 Å². The molecule has 3 atom stereocenters. The summed E-state index contributed by atoms with van der Waals surface area (Å²) in [6.07, 6.45) is -0.263. The number of ether oxygens (including phenoxy) is 2. The third-order valence-corrected chi connectivity index (χ3v) is 6.41. The maximum absolute atomic E-state index is 13.1. The van der Waals surface area contributed by atoms with Gasteiger partial charge < -0.3 is 35.0 Å². The van der Waals surface area contributed by atoms with Crippen molar-refractivity contribution >= 4 is 46.8 Å². The van der Waals surface area contributed by atoms with E-state index in [1.165, 1.54) is 4.90 Å². The minimum absolute atomic E-state index is 0.259. The van der Waals surface area contributed by atoms with Gasteiger partial charge in [-0.25, -0.2) is 9.59 Å². The number of carbonyl (C=O) groups excluding carboxylic acids is 2. The predicted octanol–water partition coefficient (Wildman–Crippen LogP) is 4.22. The van der Waals surface area contributed by atoms with Crippen LogP contribution in [0.5, 0.6) is 0 Å². The van der Waals surface area contributed by atoms with Crippen molar-refractivity contribution in [2.45, 2.75) is 37.6 Å². The zero-order valence-corrected chi connectivity index (χ0v) is 19.9. The minimum atomic E-state index is -1.30.